The largest absolute Gasteiger partial charge is 0.449 e. The minimum absolute atomic E-state index is 0.0124. The Morgan fingerprint density at radius 3 is 2.49 bits per heavy atom. The summed E-state index contributed by atoms with van der Waals surface area (Å²) >= 11 is 0. The molecule has 0 saturated heterocycles. The first-order valence-corrected chi connectivity index (χ1v) is 11.3. The van der Waals surface area contributed by atoms with E-state index in [2.05, 4.69) is 5.32 Å². The predicted octanol–water partition coefficient (Wildman–Crippen LogP) is 3.95. The zero-order valence-electron chi connectivity index (χ0n) is 20.0. The van der Waals surface area contributed by atoms with Crippen LogP contribution in [0.2, 0.25) is 0 Å². The molecule has 0 aliphatic heterocycles. The summed E-state index contributed by atoms with van der Waals surface area (Å²) in [7, 11) is 1.73. The van der Waals surface area contributed by atoms with Gasteiger partial charge in [-0.1, -0.05) is 36.4 Å². The van der Waals surface area contributed by atoms with Crippen LogP contribution in [0.1, 0.15) is 35.7 Å². The summed E-state index contributed by atoms with van der Waals surface area (Å²) in [5, 5.41) is 3.36. The first-order valence-electron chi connectivity index (χ1n) is 11.3. The number of carbonyl (C=O) groups is 2. The molecule has 9 heteroatoms. The normalized spacial score (nSPS) is 12.0. The van der Waals surface area contributed by atoms with Crippen molar-refractivity contribution in [2.24, 2.45) is 7.05 Å². The number of hydrogen-bond donors (Lipinski definition) is 1. The molecule has 9 nitrogen and oxygen atoms in total. The average molecular weight is 478 g/mol. The van der Waals surface area contributed by atoms with E-state index in [1.54, 1.807) is 42.9 Å². The number of carbonyl (C=O) groups excluding carboxylic acids is 2. The molecule has 0 bridgehead atoms. The summed E-state index contributed by atoms with van der Waals surface area (Å²) in [6.45, 7) is 5.64. The van der Waals surface area contributed by atoms with Crippen LogP contribution in [-0.2, 0) is 27.9 Å². The van der Waals surface area contributed by atoms with Crippen LogP contribution >= 0.6 is 0 Å². The Bertz CT molecular complexity index is 1430. The van der Waals surface area contributed by atoms with E-state index in [-0.39, 0.29) is 23.6 Å². The number of nitrogens with one attached hydrogen (secondary N) is 1. The quantitative estimate of drug-likeness (QED) is 0.385. The topological polar surface area (TPSA) is 105 Å². The SMILES string of the molecule is CCOCc1c(C(=O)OC(C)C(=O)Nc2c(C)n(C)n(-c3ccccc3)c2=O)oc2ccccc12. The molecular weight excluding hydrogens is 450 g/mol. The lowest BCUT2D eigenvalue weighted by Crippen LogP contribution is -2.32. The predicted molar refractivity (Wildman–Crippen MR) is 131 cm³/mol. The Hall–Kier alpha value is -4.11. The van der Waals surface area contributed by atoms with Gasteiger partial charge in [-0.25, -0.2) is 9.48 Å². The highest BCUT2D eigenvalue weighted by Gasteiger charge is 2.27. The number of anilines is 1. The zero-order chi connectivity index (χ0) is 25.1. The van der Waals surface area contributed by atoms with Crippen molar-refractivity contribution in [3.8, 4) is 5.69 Å². The number of para-hydroxylation sites is 2. The van der Waals surface area contributed by atoms with Crippen molar-refractivity contribution >= 4 is 28.5 Å². The van der Waals surface area contributed by atoms with Crippen LogP contribution < -0.4 is 10.9 Å². The fraction of sp³-hybridized carbons (Fsp3) is 0.269. The van der Waals surface area contributed by atoms with Gasteiger partial charge in [-0.3, -0.25) is 14.3 Å². The lowest BCUT2D eigenvalue weighted by Gasteiger charge is -2.12. The van der Waals surface area contributed by atoms with E-state index in [0.717, 1.165) is 5.39 Å². The van der Waals surface area contributed by atoms with Crippen LogP contribution in [0.15, 0.2) is 63.8 Å². The van der Waals surface area contributed by atoms with E-state index < -0.39 is 18.0 Å². The van der Waals surface area contributed by atoms with Crippen LogP contribution in [-0.4, -0.2) is 34.0 Å². The van der Waals surface area contributed by atoms with Crippen LogP contribution in [0.5, 0.6) is 0 Å². The Morgan fingerprint density at radius 1 is 1.09 bits per heavy atom. The van der Waals surface area contributed by atoms with Crippen molar-refractivity contribution in [1.82, 2.24) is 9.36 Å². The second-order valence-electron chi connectivity index (χ2n) is 8.02. The molecule has 1 N–H and O–H groups in total. The van der Waals surface area contributed by atoms with E-state index in [4.69, 9.17) is 13.9 Å². The number of aromatic nitrogens is 2. The smallest absolute Gasteiger partial charge is 0.375 e. The number of esters is 1. The lowest BCUT2D eigenvalue weighted by atomic mass is 10.1. The molecule has 1 atom stereocenters. The molecule has 0 aliphatic rings. The summed E-state index contributed by atoms with van der Waals surface area (Å²) in [4.78, 5) is 38.8. The summed E-state index contributed by atoms with van der Waals surface area (Å²) < 4.78 is 19.7. The molecule has 182 valence electrons. The number of hydrogen-bond acceptors (Lipinski definition) is 6. The van der Waals surface area contributed by atoms with E-state index in [1.807, 2.05) is 37.3 Å². The van der Waals surface area contributed by atoms with Gasteiger partial charge < -0.3 is 19.2 Å². The highest BCUT2D eigenvalue weighted by molar-refractivity contribution is 5.99. The first-order chi connectivity index (χ1) is 16.8. The summed E-state index contributed by atoms with van der Waals surface area (Å²) in [5.74, 6) is -1.43. The molecule has 35 heavy (non-hydrogen) atoms. The highest BCUT2D eigenvalue weighted by Crippen LogP contribution is 2.27. The third kappa shape index (κ3) is 4.63. The molecule has 0 radical (unpaired) electrons. The van der Waals surface area contributed by atoms with Gasteiger partial charge in [0.25, 0.3) is 11.5 Å². The molecule has 2 aromatic carbocycles. The van der Waals surface area contributed by atoms with Gasteiger partial charge in [0.1, 0.15) is 11.3 Å². The Morgan fingerprint density at radius 2 is 1.77 bits per heavy atom. The molecule has 0 aliphatic carbocycles. The van der Waals surface area contributed by atoms with Crippen LogP contribution in [0.25, 0.3) is 16.7 Å². The molecule has 1 unspecified atom stereocenters. The van der Waals surface area contributed by atoms with E-state index in [0.29, 0.717) is 29.1 Å². The minimum atomic E-state index is -1.18. The fourth-order valence-corrected chi connectivity index (χ4v) is 3.82. The standard InChI is InChI=1S/C26H27N3O6/c1-5-33-15-20-19-13-9-10-14-21(19)35-23(20)26(32)34-17(3)24(30)27-22-16(2)28(4)29(25(22)31)18-11-7-6-8-12-18/h6-14,17H,5,15H2,1-4H3,(H,27,30). The summed E-state index contributed by atoms with van der Waals surface area (Å²) in [5.41, 5.74) is 2.03. The van der Waals surface area contributed by atoms with E-state index in [9.17, 15) is 14.4 Å². The maximum Gasteiger partial charge on any atom is 0.375 e. The number of nitrogens with zero attached hydrogens (tertiary/aromatic N) is 2. The maximum atomic E-state index is 13.0. The Labute approximate surface area is 201 Å². The molecular formula is C26H27N3O6. The van der Waals surface area contributed by atoms with Gasteiger partial charge in [0.05, 0.1) is 18.0 Å². The molecule has 4 rings (SSSR count). The second kappa shape index (κ2) is 10.0. The highest BCUT2D eigenvalue weighted by atomic mass is 16.6. The van der Waals surface area contributed by atoms with Crippen molar-refractivity contribution in [2.75, 3.05) is 11.9 Å². The summed E-state index contributed by atoms with van der Waals surface area (Å²) in [6, 6.07) is 16.3. The van der Waals surface area contributed by atoms with Gasteiger partial charge in [0.2, 0.25) is 5.76 Å². The van der Waals surface area contributed by atoms with Gasteiger partial charge in [-0.15, -0.1) is 0 Å². The molecule has 0 fully saturated rings. The van der Waals surface area contributed by atoms with Gasteiger partial charge >= 0.3 is 5.97 Å². The molecule has 0 saturated carbocycles. The number of benzene rings is 2. The number of fused-ring (bicyclic) bond motifs is 1. The number of ether oxygens (including phenoxy) is 2. The van der Waals surface area contributed by atoms with Gasteiger partial charge in [-0.2, -0.15) is 0 Å². The third-order valence-electron chi connectivity index (χ3n) is 5.79. The van der Waals surface area contributed by atoms with Crippen LogP contribution in [0.3, 0.4) is 0 Å². The number of furan rings is 1. The van der Waals surface area contributed by atoms with Crippen molar-refractivity contribution in [3.05, 3.63) is 82.0 Å². The first kappa shape index (κ1) is 24.0. The maximum absolute atomic E-state index is 13.0. The second-order valence-corrected chi connectivity index (χ2v) is 8.02. The average Bonchev–Trinajstić information content (AvgIpc) is 3.33. The van der Waals surface area contributed by atoms with Crippen molar-refractivity contribution in [2.45, 2.75) is 33.5 Å². The fourth-order valence-electron chi connectivity index (χ4n) is 3.82. The van der Waals surface area contributed by atoms with E-state index in [1.165, 1.54) is 11.6 Å². The zero-order valence-corrected chi connectivity index (χ0v) is 20.0. The van der Waals surface area contributed by atoms with Crippen molar-refractivity contribution in [1.29, 1.82) is 0 Å². The van der Waals surface area contributed by atoms with Gasteiger partial charge in [0, 0.05) is 24.6 Å². The van der Waals surface area contributed by atoms with Crippen LogP contribution in [0.4, 0.5) is 5.69 Å². The molecule has 2 aromatic heterocycles. The molecule has 2 heterocycles. The van der Waals surface area contributed by atoms with Gasteiger partial charge in [0.15, 0.2) is 6.10 Å². The lowest BCUT2D eigenvalue weighted by molar-refractivity contribution is -0.123. The minimum Gasteiger partial charge on any atom is -0.449 e. The van der Waals surface area contributed by atoms with Crippen molar-refractivity contribution in [3.63, 3.8) is 0 Å². The molecule has 4 aromatic rings. The molecule has 0 spiro atoms. The Kier molecular flexibility index (Phi) is 6.88. The van der Waals surface area contributed by atoms with Crippen LogP contribution in [0, 0.1) is 6.92 Å². The monoisotopic (exact) mass is 477 g/mol. The van der Waals surface area contributed by atoms with E-state index >= 15 is 0 Å². The number of rotatable bonds is 8. The molecule has 1 amide bonds. The van der Waals surface area contributed by atoms with Crippen molar-refractivity contribution < 1.29 is 23.5 Å². The summed E-state index contributed by atoms with van der Waals surface area (Å²) in [6.07, 6.45) is -1.18. The van der Waals surface area contributed by atoms with Gasteiger partial charge in [-0.05, 0) is 39.0 Å². The Balaban J connectivity index is 1.54. The third-order valence-corrected chi connectivity index (χ3v) is 5.79. The number of amides is 1.